The second kappa shape index (κ2) is 8.61. The first-order chi connectivity index (χ1) is 13.7. The van der Waals surface area contributed by atoms with Crippen molar-refractivity contribution in [1.29, 1.82) is 0 Å². The Morgan fingerprint density at radius 1 is 1.14 bits per heavy atom. The average molecular weight is 422 g/mol. The highest BCUT2D eigenvalue weighted by atomic mass is 32.1. The number of hydrogen-bond donors (Lipinski definition) is 1. The minimum Gasteiger partial charge on any atom is -0.478 e. The van der Waals surface area contributed by atoms with E-state index in [0.717, 1.165) is 49.2 Å². The summed E-state index contributed by atoms with van der Waals surface area (Å²) in [7, 11) is 0. The average Bonchev–Trinajstić information content (AvgIpc) is 3.06. The van der Waals surface area contributed by atoms with Crippen LogP contribution in [0.4, 0.5) is 13.8 Å². The Labute approximate surface area is 173 Å². The second-order valence-electron chi connectivity index (χ2n) is 8.02. The van der Waals surface area contributed by atoms with Gasteiger partial charge in [0.1, 0.15) is 16.6 Å². The summed E-state index contributed by atoms with van der Waals surface area (Å²) in [6.45, 7) is 5.85. The fourth-order valence-electron chi connectivity index (χ4n) is 3.83. The van der Waals surface area contributed by atoms with Crippen molar-refractivity contribution in [3.63, 3.8) is 0 Å². The molecule has 0 spiro atoms. The molecule has 0 unspecified atom stereocenters. The molecule has 7 heteroatoms. The Hall–Kier alpha value is -2.28. The number of carbonyl (C=O) groups excluding carboxylic acids is 1. The second-order valence-corrected chi connectivity index (χ2v) is 9.05. The summed E-state index contributed by atoms with van der Waals surface area (Å²) in [4.78, 5) is 27.1. The maximum absolute atomic E-state index is 14.3. The van der Waals surface area contributed by atoms with Gasteiger partial charge < -0.3 is 10.0 Å². The number of benzene rings is 1. The first-order valence-electron chi connectivity index (χ1n) is 9.84. The molecule has 2 aromatic rings. The Balaban J connectivity index is 2.02. The molecule has 1 aromatic heterocycles. The summed E-state index contributed by atoms with van der Waals surface area (Å²) in [5, 5.41) is 10.0. The molecule has 0 bridgehead atoms. The SMILES string of the molecule is CC1CCC(C(=O)N(c2sc(-c3ccc(F)cc3F)cc2C(=O)O)C(C)C)CC1. The molecular weight excluding hydrogens is 396 g/mol. The van der Waals surface area contributed by atoms with Crippen molar-refractivity contribution >= 4 is 28.2 Å². The summed E-state index contributed by atoms with van der Waals surface area (Å²) in [5.41, 5.74) is 0.0766. The molecule has 0 atom stereocenters. The third-order valence-corrected chi connectivity index (χ3v) is 6.64. The predicted octanol–water partition coefficient (Wildman–Crippen LogP) is 5.96. The first-order valence-corrected chi connectivity index (χ1v) is 10.7. The maximum atomic E-state index is 14.3. The van der Waals surface area contributed by atoms with Crippen LogP contribution < -0.4 is 4.90 Å². The van der Waals surface area contributed by atoms with E-state index in [9.17, 15) is 23.5 Å². The van der Waals surface area contributed by atoms with Crippen molar-refractivity contribution in [3.8, 4) is 10.4 Å². The number of anilines is 1. The van der Waals surface area contributed by atoms with Gasteiger partial charge in [-0.2, -0.15) is 0 Å². The minimum absolute atomic E-state index is 0.0417. The van der Waals surface area contributed by atoms with Crippen molar-refractivity contribution in [2.75, 3.05) is 4.90 Å². The van der Waals surface area contributed by atoms with Gasteiger partial charge in [-0.05, 0) is 63.6 Å². The van der Waals surface area contributed by atoms with Gasteiger partial charge in [-0.1, -0.05) is 6.92 Å². The Morgan fingerprint density at radius 3 is 2.34 bits per heavy atom. The Bertz CT molecular complexity index is 917. The number of carboxylic acids is 1. The highest BCUT2D eigenvalue weighted by Gasteiger charge is 2.33. The molecule has 1 amide bonds. The predicted molar refractivity (Wildman–Crippen MR) is 110 cm³/mol. The molecule has 29 heavy (non-hydrogen) atoms. The van der Waals surface area contributed by atoms with Gasteiger partial charge in [0.15, 0.2) is 0 Å². The lowest BCUT2D eigenvalue weighted by molar-refractivity contribution is -0.123. The summed E-state index contributed by atoms with van der Waals surface area (Å²) in [5.74, 6) is -2.27. The molecule has 1 N–H and O–H groups in total. The molecule has 1 saturated carbocycles. The maximum Gasteiger partial charge on any atom is 0.338 e. The first kappa shape index (κ1) is 21.4. The van der Waals surface area contributed by atoms with Crippen molar-refractivity contribution < 1.29 is 23.5 Å². The fourth-order valence-corrected chi connectivity index (χ4v) is 5.14. The fraction of sp³-hybridized carbons (Fsp3) is 0.455. The molecule has 156 valence electrons. The summed E-state index contributed by atoms with van der Waals surface area (Å²) in [6.07, 6.45) is 3.53. The van der Waals surface area contributed by atoms with E-state index in [-0.39, 0.29) is 29.0 Å². The van der Waals surface area contributed by atoms with E-state index in [1.54, 1.807) is 4.90 Å². The van der Waals surface area contributed by atoms with E-state index in [2.05, 4.69) is 6.92 Å². The van der Waals surface area contributed by atoms with Gasteiger partial charge in [0.25, 0.3) is 0 Å². The van der Waals surface area contributed by atoms with Crippen molar-refractivity contribution in [3.05, 3.63) is 41.5 Å². The monoisotopic (exact) mass is 421 g/mol. The number of thiophene rings is 1. The normalized spacial score (nSPS) is 19.4. The smallest absolute Gasteiger partial charge is 0.338 e. The summed E-state index contributed by atoms with van der Waals surface area (Å²) < 4.78 is 27.5. The molecule has 3 rings (SSSR count). The summed E-state index contributed by atoms with van der Waals surface area (Å²) >= 11 is 1.05. The summed E-state index contributed by atoms with van der Waals surface area (Å²) in [6, 6.07) is 4.31. The number of hydrogen-bond acceptors (Lipinski definition) is 3. The van der Waals surface area contributed by atoms with E-state index in [0.29, 0.717) is 15.8 Å². The lowest BCUT2D eigenvalue weighted by Crippen LogP contribution is -2.42. The van der Waals surface area contributed by atoms with Crippen LogP contribution in [0.2, 0.25) is 0 Å². The van der Waals surface area contributed by atoms with E-state index < -0.39 is 17.6 Å². The number of amides is 1. The quantitative estimate of drug-likeness (QED) is 0.648. The van der Waals surface area contributed by atoms with Crippen LogP contribution >= 0.6 is 11.3 Å². The number of halogens is 2. The van der Waals surface area contributed by atoms with E-state index in [4.69, 9.17) is 0 Å². The van der Waals surface area contributed by atoms with Gasteiger partial charge in [0.2, 0.25) is 5.91 Å². The largest absolute Gasteiger partial charge is 0.478 e. The third-order valence-electron chi connectivity index (χ3n) is 5.48. The van der Waals surface area contributed by atoms with E-state index in [1.807, 2.05) is 13.8 Å². The zero-order chi connectivity index (χ0) is 21.3. The lowest BCUT2D eigenvalue weighted by atomic mass is 9.82. The molecular formula is C22H25F2NO3S. The number of carboxylic acid groups (broad SMARTS) is 1. The van der Waals surface area contributed by atoms with E-state index >= 15 is 0 Å². The molecule has 1 aromatic carbocycles. The molecule has 0 saturated heterocycles. The van der Waals surface area contributed by atoms with Gasteiger partial charge in [0.05, 0.1) is 5.56 Å². The van der Waals surface area contributed by atoms with Crippen LogP contribution in [0.1, 0.15) is 56.8 Å². The lowest BCUT2D eigenvalue weighted by Gasteiger charge is -2.33. The number of carbonyl (C=O) groups is 2. The van der Waals surface area contributed by atoms with Gasteiger partial charge in [-0.25, -0.2) is 13.6 Å². The van der Waals surface area contributed by atoms with Crippen LogP contribution in [0.5, 0.6) is 0 Å². The van der Waals surface area contributed by atoms with Crippen molar-refractivity contribution in [2.24, 2.45) is 11.8 Å². The molecule has 1 aliphatic rings. The Kier molecular flexibility index (Phi) is 6.36. The van der Waals surface area contributed by atoms with Crippen LogP contribution in [-0.2, 0) is 4.79 Å². The number of nitrogens with zero attached hydrogens (tertiary/aromatic N) is 1. The standard InChI is InChI=1S/C22H25F2NO3S/c1-12(2)25(20(26)14-6-4-13(3)5-7-14)21-17(22(27)28)11-19(29-21)16-9-8-15(23)10-18(16)24/h8-14H,4-7H2,1-3H3,(H,27,28). The zero-order valence-electron chi connectivity index (χ0n) is 16.7. The van der Waals surface area contributed by atoms with Crippen LogP contribution in [0.15, 0.2) is 24.3 Å². The van der Waals surface area contributed by atoms with Crippen LogP contribution in [0.25, 0.3) is 10.4 Å². The van der Waals surface area contributed by atoms with E-state index in [1.165, 1.54) is 12.1 Å². The molecule has 1 aliphatic carbocycles. The van der Waals surface area contributed by atoms with Gasteiger partial charge in [0, 0.05) is 28.5 Å². The van der Waals surface area contributed by atoms with Crippen molar-refractivity contribution in [1.82, 2.24) is 0 Å². The van der Waals surface area contributed by atoms with Crippen molar-refractivity contribution in [2.45, 2.75) is 52.5 Å². The number of rotatable bonds is 5. The number of aromatic carboxylic acids is 1. The molecule has 0 aliphatic heterocycles. The van der Waals surface area contributed by atoms with Crippen LogP contribution in [0.3, 0.4) is 0 Å². The van der Waals surface area contributed by atoms with Gasteiger partial charge in [-0.3, -0.25) is 4.79 Å². The Morgan fingerprint density at radius 2 is 1.79 bits per heavy atom. The van der Waals surface area contributed by atoms with Crippen LogP contribution in [0, 0.1) is 23.5 Å². The van der Waals surface area contributed by atoms with Gasteiger partial charge >= 0.3 is 5.97 Å². The third kappa shape index (κ3) is 4.50. The van der Waals surface area contributed by atoms with Gasteiger partial charge in [-0.15, -0.1) is 11.3 Å². The van der Waals surface area contributed by atoms with Crippen LogP contribution in [-0.4, -0.2) is 23.0 Å². The highest BCUT2D eigenvalue weighted by molar-refractivity contribution is 7.20. The molecule has 1 heterocycles. The zero-order valence-corrected chi connectivity index (χ0v) is 17.6. The molecule has 0 radical (unpaired) electrons. The molecule has 1 fully saturated rings. The highest BCUT2D eigenvalue weighted by Crippen LogP contribution is 2.41. The minimum atomic E-state index is -1.18. The topological polar surface area (TPSA) is 57.6 Å². The molecule has 4 nitrogen and oxygen atoms in total.